The lowest BCUT2D eigenvalue weighted by Gasteiger charge is -2.10. The minimum absolute atomic E-state index is 0.285. The zero-order valence-corrected chi connectivity index (χ0v) is 10.8. The number of aromatic amines is 1. The molecule has 96 valence electrons. The second-order valence-electron chi connectivity index (χ2n) is 4.49. The van der Waals surface area contributed by atoms with Gasteiger partial charge in [-0.25, -0.2) is 4.98 Å². The minimum Gasteiger partial charge on any atom is -0.497 e. The summed E-state index contributed by atoms with van der Waals surface area (Å²) >= 11 is 0. The summed E-state index contributed by atoms with van der Waals surface area (Å²) in [7, 11) is 1.63. The molecular weight excluding hydrogens is 228 g/mol. The highest BCUT2D eigenvalue weighted by Gasteiger charge is 2.15. The average Bonchev–Trinajstić information content (AvgIpc) is 2.87. The largest absolute Gasteiger partial charge is 0.497 e. The lowest BCUT2D eigenvalue weighted by molar-refractivity contribution is 0.414. The summed E-state index contributed by atoms with van der Waals surface area (Å²) in [5.74, 6) is 2.52. The minimum atomic E-state index is -0.319. The monoisotopic (exact) mass is 246 g/mol. The van der Waals surface area contributed by atoms with E-state index in [4.69, 9.17) is 10.5 Å². The zero-order valence-electron chi connectivity index (χ0n) is 10.8. The number of nitrogens with one attached hydrogen (secondary N) is 1. The third-order valence-corrected chi connectivity index (χ3v) is 2.78. The lowest BCUT2D eigenvalue weighted by Crippen LogP contribution is -2.13. The normalized spacial score (nSPS) is 12.7. The van der Waals surface area contributed by atoms with Crippen LogP contribution in [0.2, 0.25) is 0 Å². The van der Waals surface area contributed by atoms with Gasteiger partial charge in [0.1, 0.15) is 11.6 Å². The molecule has 0 unspecified atom stereocenters. The van der Waals surface area contributed by atoms with Gasteiger partial charge < -0.3 is 10.5 Å². The van der Waals surface area contributed by atoms with Crippen LogP contribution in [0.15, 0.2) is 24.3 Å². The van der Waals surface area contributed by atoms with Gasteiger partial charge in [-0.05, 0) is 17.7 Å². The highest BCUT2D eigenvalue weighted by molar-refractivity contribution is 5.32. The number of rotatable bonds is 4. The van der Waals surface area contributed by atoms with Crippen LogP contribution in [0.5, 0.6) is 5.75 Å². The molecule has 0 amide bonds. The van der Waals surface area contributed by atoms with Gasteiger partial charge in [-0.15, -0.1) is 0 Å². The fourth-order valence-corrected chi connectivity index (χ4v) is 1.68. The van der Waals surface area contributed by atoms with Crippen LogP contribution in [0.4, 0.5) is 0 Å². The predicted molar refractivity (Wildman–Crippen MR) is 69.5 cm³/mol. The second-order valence-corrected chi connectivity index (χ2v) is 4.49. The van der Waals surface area contributed by atoms with Crippen LogP contribution in [0.1, 0.15) is 43.0 Å². The molecule has 0 aliphatic heterocycles. The molecule has 0 bridgehead atoms. The van der Waals surface area contributed by atoms with Gasteiger partial charge in [0.05, 0.1) is 13.2 Å². The van der Waals surface area contributed by atoms with Gasteiger partial charge in [0.25, 0.3) is 0 Å². The first-order valence-corrected chi connectivity index (χ1v) is 5.93. The van der Waals surface area contributed by atoms with Crippen molar-refractivity contribution in [3.05, 3.63) is 41.5 Å². The van der Waals surface area contributed by atoms with E-state index in [-0.39, 0.29) is 12.0 Å². The molecule has 0 aliphatic carbocycles. The predicted octanol–water partition coefficient (Wildman–Crippen LogP) is 1.98. The molecule has 0 fully saturated rings. The first-order chi connectivity index (χ1) is 8.61. The van der Waals surface area contributed by atoms with E-state index in [9.17, 15) is 0 Å². The third-order valence-electron chi connectivity index (χ3n) is 2.78. The number of methoxy groups -OCH3 is 1. The molecule has 1 atom stereocenters. The SMILES string of the molecule is COc1cccc([C@H](N)c2nc(C(C)C)n[nH]2)c1. The van der Waals surface area contributed by atoms with Crippen molar-refractivity contribution >= 4 is 0 Å². The van der Waals surface area contributed by atoms with Crippen LogP contribution < -0.4 is 10.5 Å². The van der Waals surface area contributed by atoms with Crippen LogP contribution in [0.25, 0.3) is 0 Å². The second kappa shape index (κ2) is 5.18. The number of nitrogens with zero attached hydrogens (tertiary/aromatic N) is 2. The Morgan fingerprint density at radius 2 is 2.11 bits per heavy atom. The van der Waals surface area contributed by atoms with E-state index in [1.807, 2.05) is 38.1 Å². The Bertz CT molecular complexity index is 521. The molecule has 0 saturated carbocycles. The summed E-state index contributed by atoms with van der Waals surface area (Å²) in [6, 6.07) is 7.33. The van der Waals surface area contributed by atoms with Crippen LogP contribution in [0.3, 0.4) is 0 Å². The van der Waals surface area contributed by atoms with Gasteiger partial charge >= 0.3 is 0 Å². The van der Waals surface area contributed by atoms with E-state index in [1.54, 1.807) is 7.11 Å². The van der Waals surface area contributed by atoms with Gasteiger partial charge in [-0.1, -0.05) is 26.0 Å². The lowest BCUT2D eigenvalue weighted by atomic mass is 10.1. The number of nitrogens with two attached hydrogens (primary N) is 1. The fourth-order valence-electron chi connectivity index (χ4n) is 1.68. The molecule has 2 aromatic rings. The van der Waals surface area contributed by atoms with E-state index in [0.29, 0.717) is 5.82 Å². The Morgan fingerprint density at radius 3 is 2.72 bits per heavy atom. The third kappa shape index (κ3) is 2.51. The number of ether oxygens (including phenoxy) is 1. The molecule has 0 saturated heterocycles. The van der Waals surface area contributed by atoms with Gasteiger partial charge in [0.15, 0.2) is 5.82 Å². The van der Waals surface area contributed by atoms with Crippen LogP contribution >= 0.6 is 0 Å². The number of aromatic nitrogens is 3. The summed E-state index contributed by atoms with van der Waals surface area (Å²) in [6.45, 7) is 4.09. The molecule has 1 aromatic carbocycles. The van der Waals surface area contributed by atoms with Crippen molar-refractivity contribution in [2.24, 2.45) is 5.73 Å². The van der Waals surface area contributed by atoms with Crippen molar-refractivity contribution in [2.45, 2.75) is 25.8 Å². The Labute approximate surface area is 106 Å². The van der Waals surface area contributed by atoms with Crippen molar-refractivity contribution < 1.29 is 4.74 Å². The van der Waals surface area contributed by atoms with Crippen molar-refractivity contribution in [1.29, 1.82) is 0 Å². The molecule has 1 heterocycles. The molecule has 5 heteroatoms. The van der Waals surface area contributed by atoms with Crippen molar-refractivity contribution in [2.75, 3.05) is 7.11 Å². The highest BCUT2D eigenvalue weighted by atomic mass is 16.5. The van der Waals surface area contributed by atoms with Gasteiger partial charge in [0, 0.05) is 5.92 Å². The first kappa shape index (κ1) is 12.6. The summed E-state index contributed by atoms with van der Waals surface area (Å²) < 4.78 is 5.18. The van der Waals surface area contributed by atoms with Crippen LogP contribution in [0, 0.1) is 0 Å². The van der Waals surface area contributed by atoms with Crippen molar-refractivity contribution in [3.63, 3.8) is 0 Å². The molecule has 3 N–H and O–H groups in total. The van der Waals surface area contributed by atoms with E-state index in [1.165, 1.54) is 0 Å². The van der Waals surface area contributed by atoms with Gasteiger partial charge in [0.2, 0.25) is 0 Å². The Hall–Kier alpha value is -1.88. The summed E-state index contributed by atoms with van der Waals surface area (Å²) in [6.07, 6.45) is 0. The first-order valence-electron chi connectivity index (χ1n) is 5.93. The standard InChI is InChI=1S/C13H18N4O/c1-8(2)12-15-13(17-16-12)11(14)9-5-4-6-10(7-9)18-3/h4-8,11H,14H2,1-3H3,(H,15,16,17)/t11-/m0/s1. The summed E-state index contributed by atoms with van der Waals surface area (Å²) in [5, 5.41) is 7.05. The Balaban J connectivity index is 2.26. The molecule has 18 heavy (non-hydrogen) atoms. The Morgan fingerprint density at radius 1 is 1.33 bits per heavy atom. The maximum atomic E-state index is 6.16. The molecule has 0 spiro atoms. The summed E-state index contributed by atoms with van der Waals surface area (Å²) in [4.78, 5) is 4.41. The van der Waals surface area contributed by atoms with E-state index < -0.39 is 0 Å². The number of hydrogen-bond donors (Lipinski definition) is 2. The molecule has 2 rings (SSSR count). The van der Waals surface area contributed by atoms with Crippen LogP contribution in [-0.4, -0.2) is 22.3 Å². The number of hydrogen-bond acceptors (Lipinski definition) is 4. The van der Waals surface area contributed by atoms with Gasteiger partial charge in [-0.2, -0.15) is 5.10 Å². The molecular formula is C13H18N4O. The maximum absolute atomic E-state index is 6.16. The number of H-pyrrole nitrogens is 1. The van der Waals surface area contributed by atoms with E-state index >= 15 is 0 Å². The van der Waals surface area contributed by atoms with Crippen molar-refractivity contribution in [3.8, 4) is 5.75 Å². The highest BCUT2D eigenvalue weighted by Crippen LogP contribution is 2.21. The average molecular weight is 246 g/mol. The van der Waals surface area contributed by atoms with Crippen LogP contribution in [-0.2, 0) is 0 Å². The fraction of sp³-hybridized carbons (Fsp3) is 0.385. The molecule has 0 aliphatic rings. The van der Waals surface area contributed by atoms with Gasteiger partial charge in [-0.3, -0.25) is 5.10 Å². The quantitative estimate of drug-likeness (QED) is 0.864. The maximum Gasteiger partial charge on any atom is 0.153 e. The molecule has 0 radical (unpaired) electrons. The van der Waals surface area contributed by atoms with E-state index in [2.05, 4.69) is 15.2 Å². The van der Waals surface area contributed by atoms with E-state index in [0.717, 1.165) is 17.1 Å². The smallest absolute Gasteiger partial charge is 0.153 e. The molecule has 1 aromatic heterocycles. The number of benzene rings is 1. The summed E-state index contributed by atoms with van der Waals surface area (Å²) in [5.41, 5.74) is 7.11. The van der Waals surface area contributed by atoms with Crippen molar-refractivity contribution in [1.82, 2.24) is 15.2 Å². The topological polar surface area (TPSA) is 76.8 Å². The Kier molecular flexibility index (Phi) is 3.62. The zero-order chi connectivity index (χ0) is 13.1. The molecule has 5 nitrogen and oxygen atoms in total.